The number of hydrogen-bond donors (Lipinski definition) is 2. The van der Waals surface area contributed by atoms with Gasteiger partial charge < -0.3 is 15.2 Å². The number of amides is 1. The molecule has 1 amide bonds. The molecule has 118 valence electrons. The number of hydrogen-bond acceptors (Lipinski definition) is 3. The lowest BCUT2D eigenvalue weighted by Crippen LogP contribution is -2.63. The molecule has 0 aromatic heterocycles. The summed E-state index contributed by atoms with van der Waals surface area (Å²) in [5.41, 5.74) is 0.914. The first-order chi connectivity index (χ1) is 10.7. The first kappa shape index (κ1) is 14.9. The molecule has 3 rings (SSSR count). The van der Waals surface area contributed by atoms with Gasteiger partial charge in [0, 0.05) is 6.04 Å². The Bertz CT molecular complexity index is 545. The minimum atomic E-state index is -0.809. The third-order valence-electron chi connectivity index (χ3n) is 4.97. The summed E-state index contributed by atoms with van der Waals surface area (Å²) in [6.07, 6.45) is 3.64. The van der Waals surface area contributed by atoms with Crippen LogP contribution >= 0.6 is 0 Å². The Morgan fingerprint density at radius 2 is 1.82 bits per heavy atom. The van der Waals surface area contributed by atoms with E-state index in [2.05, 4.69) is 5.32 Å². The lowest BCUT2D eigenvalue weighted by atomic mass is 9.55. The van der Waals surface area contributed by atoms with Gasteiger partial charge in [-0.2, -0.15) is 0 Å². The van der Waals surface area contributed by atoms with E-state index in [1.54, 1.807) is 0 Å². The van der Waals surface area contributed by atoms with E-state index in [4.69, 9.17) is 4.74 Å². The number of carbonyl (C=O) groups excluding carboxylic acids is 1. The molecule has 1 aromatic carbocycles. The highest BCUT2D eigenvalue weighted by atomic mass is 16.5. The topological polar surface area (TPSA) is 75.6 Å². The van der Waals surface area contributed by atoms with E-state index < -0.39 is 18.0 Å². The number of alkyl carbamates (subject to hydrolysis) is 1. The van der Waals surface area contributed by atoms with Crippen molar-refractivity contribution in [2.75, 3.05) is 0 Å². The number of carboxylic acids is 1. The quantitative estimate of drug-likeness (QED) is 0.897. The van der Waals surface area contributed by atoms with Crippen molar-refractivity contribution in [1.82, 2.24) is 5.32 Å². The minimum Gasteiger partial charge on any atom is -0.481 e. The first-order valence-corrected chi connectivity index (χ1v) is 7.87. The van der Waals surface area contributed by atoms with Crippen molar-refractivity contribution in [2.24, 2.45) is 17.8 Å². The second-order valence-electron chi connectivity index (χ2n) is 6.21. The van der Waals surface area contributed by atoms with Gasteiger partial charge in [-0.25, -0.2) is 4.79 Å². The van der Waals surface area contributed by atoms with E-state index in [-0.39, 0.29) is 18.6 Å². The molecular formula is C17H21NO4. The minimum absolute atomic E-state index is 0.200. The summed E-state index contributed by atoms with van der Waals surface area (Å²) >= 11 is 0. The Balaban J connectivity index is 1.55. The molecule has 0 heterocycles. The van der Waals surface area contributed by atoms with Crippen LogP contribution in [-0.4, -0.2) is 23.2 Å². The summed E-state index contributed by atoms with van der Waals surface area (Å²) in [7, 11) is 0. The molecule has 0 bridgehead atoms. The molecule has 5 heteroatoms. The zero-order valence-corrected chi connectivity index (χ0v) is 12.4. The fourth-order valence-corrected chi connectivity index (χ4v) is 3.90. The standard InChI is InChI=1S/C17H21NO4/c19-16(20)14-12-8-4-5-9-13(12)15(14)18-17(21)22-10-11-6-2-1-3-7-11/h1-3,6-7,12-15H,4-5,8-10H2,(H,18,21)(H,19,20). The summed E-state index contributed by atoms with van der Waals surface area (Å²) in [4.78, 5) is 23.4. The van der Waals surface area contributed by atoms with Crippen LogP contribution in [-0.2, 0) is 16.1 Å². The summed E-state index contributed by atoms with van der Waals surface area (Å²) < 4.78 is 5.20. The van der Waals surface area contributed by atoms with E-state index in [1.807, 2.05) is 30.3 Å². The number of benzene rings is 1. The number of ether oxygens (including phenoxy) is 1. The molecule has 4 unspecified atom stereocenters. The summed E-state index contributed by atoms with van der Waals surface area (Å²) in [6.45, 7) is 0.200. The van der Waals surface area contributed by atoms with E-state index in [0.717, 1.165) is 31.2 Å². The van der Waals surface area contributed by atoms with E-state index in [0.29, 0.717) is 5.92 Å². The molecule has 2 aliphatic rings. The van der Waals surface area contributed by atoms with Crippen molar-refractivity contribution in [3.63, 3.8) is 0 Å². The number of nitrogens with one attached hydrogen (secondary N) is 1. The zero-order chi connectivity index (χ0) is 15.5. The molecule has 5 nitrogen and oxygen atoms in total. The van der Waals surface area contributed by atoms with Crippen molar-refractivity contribution in [1.29, 1.82) is 0 Å². The molecule has 2 aliphatic carbocycles. The van der Waals surface area contributed by atoms with Crippen LogP contribution in [0, 0.1) is 17.8 Å². The van der Waals surface area contributed by atoms with Crippen LogP contribution in [0.15, 0.2) is 30.3 Å². The number of carboxylic acid groups (broad SMARTS) is 1. The van der Waals surface area contributed by atoms with Crippen LogP contribution < -0.4 is 5.32 Å². The Morgan fingerprint density at radius 3 is 2.50 bits per heavy atom. The Kier molecular flexibility index (Phi) is 4.32. The normalized spacial score (nSPS) is 29.8. The third kappa shape index (κ3) is 2.93. The summed E-state index contributed by atoms with van der Waals surface area (Å²) in [6, 6.07) is 9.15. The largest absolute Gasteiger partial charge is 0.481 e. The highest BCUT2D eigenvalue weighted by Crippen LogP contribution is 2.49. The van der Waals surface area contributed by atoms with Crippen LogP contribution in [0.5, 0.6) is 0 Å². The first-order valence-electron chi connectivity index (χ1n) is 7.87. The highest BCUT2D eigenvalue weighted by molar-refractivity contribution is 5.75. The average molecular weight is 303 g/mol. The van der Waals surface area contributed by atoms with Crippen LogP contribution in [0.4, 0.5) is 4.79 Å². The second-order valence-corrected chi connectivity index (χ2v) is 6.21. The van der Waals surface area contributed by atoms with Gasteiger partial charge >= 0.3 is 12.1 Å². The van der Waals surface area contributed by atoms with Crippen molar-refractivity contribution in [2.45, 2.75) is 38.3 Å². The lowest BCUT2D eigenvalue weighted by molar-refractivity contribution is -0.156. The average Bonchev–Trinajstić information content (AvgIpc) is 2.51. The van der Waals surface area contributed by atoms with Crippen LogP contribution in [0.25, 0.3) is 0 Å². The smallest absolute Gasteiger partial charge is 0.407 e. The SMILES string of the molecule is O=C(NC1C2CCCCC2C1C(=O)O)OCc1ccccc1. The Morgan fingerprint density at radius 1 is 1.14 bits per heavy atom. The maximum atomic E-state index is 11.9. The number of rotatable bonds is 4. The predicted molar refractivity (Wildman–Crippen MR) is 80.1 cm³/mol. The fourth-order valence-electron chi connectivity index (χ4n) is 3.90. The van der Waals surface area contributed by atoms with E-state index >= 15 is 0 Å². The molecule has 2 saturated carbocycles. The highest BCUT2D eigenvalue weighted by Gasteiger charge is 2.55. The van der Waals surface area contributed by atoms with Crippen LogP contribution in [0.1, 0.15) is 31.2 Å². The summed E-state index contributed by atoms with van der Waals surface area (Å²) in [5.74, 6) is -0.768. The second kappa shape index (κ2) is 6.38. The van der Waals surface area contributed by atoms with Crippen LogP contribution in [0.3, 0.4) is 0 Å². The summed E-state index contributed by atoms with van der Waals surface area (Å²) in [5, 5.41) is 12.1. The van der Waals surface area contributed by atoms with Gasteiger partial charge in [0.2, 0.25) is 0 Å². The molecule has 0 saturated heterocycles. The van der Waals surface area contributed by atoms with Gasteiger partial charge in [0.05, 0.1) is 5.92 Å². The molecule has 0 aliphatic heterocycles. The molecule has 2 fully saturated rings. The van der Waals surface area contributed by atoms with Gasteiger partial charge in [-0.15, -0.1) is 0 Å². The van der Waals surface area contributed by atoms with Crippen LogP contribution in [0.2, 0.25) is 0 Å². The van der Waals surface area contributed by atoms with E-state index in [1.165, 1.54) is 0 Å². The fraction of sp³-hybridized carbons (Fsp3) is 0.529. The zero-order valence-electron chi connectivity index (χ0n) is 12.4. The van der Waals surface area contributed by atoms with Gasteiger partial charge in [0.25, 0.3) is 0 Å². The van der Waals surface area contributed by atoms with Gasteiger partial charge in [0.1, 0.15) is 6.61 Å². The number of carbonyl (C=O) groups is 2. The Hall–Kier alpha value is -2.04. The predicted octanol–water partition coefficient (Wildman–Crippen LogP) is 2.80. The van der Waals surface area contributed by atoms with Gasteiger partial charge in [-0.05, 0) is 30.2 Å². The number of fused-ring (bicyclic) bond motifs is 1. The van der Waals surface area contributed by atoms with Crippen molar-refractivity contribution in [3.8, 4) is 0 Å². The van der Waals surface area contributed by atoms with Gasteiger partial charge in [0.15, 0.2) is 0 Å². The van der Waals surface area contributed by atoms with Gasteiger partial charge in [-0.3, -0.25) is 4.79 Å². The molecule has 1 aromatic rings. The lowest BCUT2D eigenvalue weighted by Gasteiger charge is -2.52. The molecule has 4 atom stereocenters. The monoisotopic (exact) mass is 303 g/mol. The third-order valence-corrected chi connectivity index (χ3v) is 4.97. The molecule has 0 radical (unpaired) electrons. The molecular weight excluding hydrogens is 282 g/mol. The van der Waals surface area contributed by atoms with Gasteiger partial charge in [-0.1, -0.05) is 43.2 Å². The molecule has 0 spiro atoms. The van der Waals surface area contributed by atoms with Crippen molar-refractivity contribution >= 4 is 12.1 Å². The van der Waals surface area contributed by atoms with E-state index in [9.17, 15) is 14.7 Å². The number of aliphatic carboxylic acids is 1. The molecule has 2 N–H and O–H groups in total. The Labute approximate surface area is 129 Å². The maximum absolute atomic E-state index is 11.9. The maximum Gasteiger partial charge on any atom is 0.407 e. The van der Waals surface area contributed by atoms with Crippen molar-refractivity contribution in [3.05, 3.63) is 35.9 Å². The van der Waals surface area contributed by atoms with Crippen molar-refractivity contribution < 1.29 is 19.4 Å². The molecule has 22 heavy (non-hydrogen) atoms.